The summed E-state index contributed by atoms with van der Waals surface area (Å²) in [6.07, 6.45) is 4.62. The molecule has 2 rings (SSSR count). The van der Waals surface area contributed by atoms with Crippen molar-refractivity contribution in [3.05, 3.63) is 28.7 Å². The van der Waals surface area contributed by atoms with E-state index >= 15 is 0 Å². The molecule has 1 heterocycles. The SMILES string of the molecule is CCC(C)N(CCC(=O)N1CCCCC1)C(=O)Nc1ccc(Br)cc1. The molecule has 0 saturated carbocycles. The zero-order chi connectivity index (χ0) is 18.2. The molecule has 1 aliphatic rings. The fraction of sp³-hybridized carbons (Fsp3) is 0.579. The number of nitrogens with one attached hydrogen (secondary N) is 1. The second-order valence-electron chi connectivity index (χ2n) is 6.58. The van der Waals surface area contributed by atoms with Gasteiger partial charge in [0.05, 0.1) is 0 Å². The summed E-state index contributed by atoms with van der Waals surface area (Å²) >= 11 is 3.39. The molecule has 1 saturated heterocycles. The van der Waals surface area contributed by atoms with Crippen LogP contribution in [0.1, 0.15) is 46.0 Å². The van der Waals surface area contributed by atoms with Crippen LogP contribution in [0.5, 0.6) is 0 Å². The fourth-order valence-electron chi connectivity index (χ4n) is 2.99. The summed E-state index contributed by atoms with van der Waals surface area (Å²) in [6.45, 7) is 6.23. The number of amides is 3. The first-order valence-corrected chi connectivity index (χ1v) is 9.91. The van der Waals surface area contributed by atoms with Crippen molar-refractivity contribution < 1.29 is 9.59 Å². The van der Waals surface area contributed by atoms with E-state index in [0.29, 0.717) is 13.0 Å². The largest absolute Gasteiger partial charge is 0.343 e. The lowest BCUT2D eigenvalue weighted by molar-refractivity contribution is -0.132. The average molecular weight is 410 g/mol. The summed E-state index contributed by atoms with van der Waals surface area (Å²) < 4.78 is 0.969. The lowest BCUT2D eigenvalue weighted by Gasteiger charge is -2.31. The van der Waals surface area contributed by atoms with Gasteiger partial charge in [-0.2, -0.15) is 0 Å². The Kier molecular flexibility index (Phi) is 7.75. The molecule has 0 bridgehead atoms. The number of likely N-dealkylation sites (tertiary alicyclic amines) is 1. The third-order valence-corrected chi connectivity index (χ3v) is 5.28. The number of piperidine rings is 1. The zero-order valence-corrected chi connectivity index (χ0v) is 16.7. The van der Waals surface area contributed by atoms with Crippen molar-refractivity contribution in [1.29, 1.82) is 0 Å². The van der Waals surface area contributed by atoms with Gasteiger partial charge in [-0.3, -0.25) is 4.79 Å². The van der Waals surface area contributed by atoms with Gasteiger partial charge in [0, 0.05) is 42.3 Å². The topological polar surface area (TPSA) is 52.7 Å². The monoisotopic (exact) mass is 409 g/mol. The molecule has 0 aliphatic carbocycles. The molecule has 0 aromatic heterocycles. The van der Waals surface area contributed by atoms with E-state index in [0.717, 1.165) is 42.5 Å². The summed E-state index contributed by atoms with van der Waals surface area (Å²) in [7, 11) is 0. The molecular formula is C19H28BrN3O2. The minimum Gasteiger partial charge on any atom is -0.343 e. The standard InChI is InChI=1S/C19H28BrN3O2/c1-3-15(2)23(14-11-18(24)22-12-5-4-6-13-22)19(25)21-17-9-7-16(20)8-10-17/h7-10,15H,3-6,11-14H2,1-2H3,(H,21,25). The average Bonchev–Trinajstić information content (AvgIpc) is 2.64. The Bertz CT molecular complexity index is 571. The Labute approximate surface area is 158 Å². The fourth-order valence-corrected chi connectivity index (χ4v) is 3.25. The molecule has 1 aliphatic heterocycles. The quantitative estimate of drug-likeness (QED) is 0.752. The van der Waals surface area contributed by atoms with E-state index in [1.165, 1.54) is 6.42 Å². The van der Waals surface area contributed by atoms with Gasteiger partial charge in [0.1, 0.15) is 0 Å². The van der Waals surface area contributed by atoms with Gasteiger partial charge in [0.15, 0.2) is 0 Å². The van der Waals surface area contributed by atoms with E-state index in [1.54, 1.807) is 4.90 Å². The minimum atomic E-state index is -0.150. The number of anilines is 1. The molecule has 6 heteroatoms. The number of urea groups is 1. The molecule has 1 aromatic rings. The molecule has 1 aromatic carbocycles. The molecule has 1 atom stereocenters. The van der Waals surface area contributed by atoms with E-state index < -0.39 is 0 Å². The van der Waals surface area contributed by atoms with E-state index in [2.05, 4.69) is 28.2 Å². The van der Waals surface area contributed by atoms with Gasteiger partial charge in [-0.15, -0.1) is 0 Å². The van der Waals surface area contributed by atoms with Crippen LogP contribution in [-0.2, 0) is 4.79 Å². The molecule has 1 unspecified atom stereocenters. The normalized spacial score (nSPS) is 15.6. The van der Waals surface area contributed by atoms with Crippen molar-refractivity contribution in [2.45, 2.75) is 52.0 Å². The number of carbonyl (C=O) groups is 2. The Morgan fingerprint density at radius 3 is 2.44 bits per heavy atom. The zero-order valence-electron chi connectivity index (χ0n) is 15.1. The second-order valence-corrected chi connectivity index (χ2v) is 7.49. The third-order valence-electron chi connectivity index (χ3n) is 4.75. The predicted octanol–water partition coefficient (Wildman–Crippen LogP) is 4.48. The van der Waals surface area contributed by atoms with Gasteiger partial charge >= 0.3 is 6.03 Å². The van der Waals surface area contributed by atoms with Crippen molar-refractivity contribution in [3.8, 4) is 0 Å². The van der Waals surface area contributed by atoms with Crippen LogP contribution in [0.2, 0.25) is 0 Å². The van der Waals surface area contributed by atoms with Crippen LogP contribution < -0.4 is 5.32 Å². The molecule has 1 fully saturated rings. The van der Waals surface area contributed by atoms with E-state index in [4.69, 9.17) is 0 Å². The van der Waals surface area contributed by atoms with Crippen LogP contribution in [0.4, 0.5) is 10.5 Å². The number of benzene rings is 1. The summed E-state index contributed by atoms with van der Waals surface area (Å²) in [4.78, 5) is 28.8. The molecule has 1 N–H and O–H groups in total. The van der Waals surface area contributed by atoms with Crippen molar-refractivity contribution in [3.63, 3.8) is 0 Å². The lowest BCUT2D eigenvalue weighted by atomic mass is 10.1. The first-order valence-electron chi connectivity index (χ1n) is 9.12. The maximum atomic E-state index is 12.7. The highest BCUT2D eigenvalue weighted by molar-refractivity contribution is 9.10. The first-order chi connectivity index (χ1) is 12.0. The number of rotatable bonds is 6. The Morgan fingerprint density at radius 1 is 1.20 bits per heavy atom. The summed E-state index contributed by atoms with van der Waals surface area (Å²) in [5.41, 5.74) is 0.754. The summed E-state index contributed by atoms with van der Waals surface area (Å²) in [5.74, 6) is 0.157. The Morgan fingerprint density at radius 2 is 1.84 bits per heavy atom. The number of carbonyl (C=O) groups excluding carboxylic acids is 2. The van der Waals surface area contributed by atoms with Gasteiger partial charge in [-0.1, -0.05) is 22.9 Å². The van der Waals surface area contributed by atoms with Crippen LogP contribution in [0, 0.1) is 0 Å². The molecule has 0 radical (unpaired) electrons. The highest BCUT2D eigenvalue weighted by Gasteiger charge is 2.22. The van der Waals surface area contributed by atoms with Gasteiger partial charge in [-0.25, -0.2) is 4.79 Å². The molecule has 25 heavy (non-hydrogen) atoms. The third kappa shape index (κ3) is 6.03. The smallest absolute Gasteiger partial charge is 0.322 e. The minimum absolute atomic E-state index is 0.0876. The van der Waals surface area contributed by atoms with Gasteiger partial charge in [-0.05, 0) is 56.9 Å². The maximum Gasteiger partial charge on any atom is 0.322 e. The van der Waals surface area contributed by atoms with E-state index in [9.17, 15) is 9.59 Å². The summed E-state index contributed by atoms with van der Waals surface area (Å²) in [6, 6.07) is 7.44. The van der Waals surface area contributed by atoms with Crippen molar-refractivity contribution in [2.75, 3.05) is 25.0 Å². The molecule has 138 valence electrons. The van der Waals surface area contributed by atoms with Gasteiger partial charge in [0.25, 0.3) is 0 Å². The Hall–Kier alpha value is -1.56. The second kappa shape index (κ2) is 9.80. The van der Waals surface area contributed by atoms with Crippen molar-refractivity contribution in [2.24, 2.45) is 0 Å². The van der Waals surface area contributed by atoms with Crippen LogP contribution in [0.3, 0.4) is 0 Å². The highest BCUT2D eigenvalue weighted by Crippen LogP contribution is 2.16. The highest BCUT2D eigenvalue weighted by atomic mass is 79.9. The molecule has 0 spiro atoms. The van der Waals surface area contributed by atoms with E-state index in [1.807, 2.05) is 36.1 Å². The summed E-state index contributed by atoms with van der Waals surface area (Å²) in [5, 5.41) is 2.93. The van der Waals surface area contributed by atoms with Crippen LogP contribution in [0.15, 0.2) is 28.7 Å². The predicted molar refractivity (Wildman–Crippen MR) is 105 cm³/mol. The lowest BCUT2D eigenvalue weighted by Crippen LogP contribution is -2.44. The van der Waals surface area contributed by atoms with Crippen molar-refractivity contribution >= 4 is 33.6 Å². The van der Waals surface area contributed by atoms with Gasteiger partial charge in [0.2, 0.25) is 5.91 Å². The molecular weight excluding hydrogens is 382 g/mol. The van der Waals surface area contributed by atoms with Crippen LogP contribution in [0.25, 0.3) is 0 Å². The van der Waals surface area contributed by atoms with E-state index in [-0.39, 0.29) is 18.0 Å². The Balaban J connectivity index is 1.93. The number of hydrogen-bond acceptors (Lipinski definition) is 2. The van der Waals surface area contributed by atoms with Crippen molar-refractivity contribution in [1.82, 2.24) is 9.80 Å². The molecule has 3 amide bonds. The number of halogens is 1. The van der Waals surface area contributed by atoms with Crippen LogP contribution in [-0.4, -0.2) is 47.4 Å². The molecule has 5 nitrogen and oxygen atoms in total. The maximum absolute atomic E-state index is 12.7. The number of nitrogens with zero attached hydrogens (tertiary/aromatic N) is 2. The van der Waals surface area contributed by atoms with Gasteiger partial charge < -0.3 is 15.1 Å². The number of hydrogen-bond donors (Lipinski definition) is 1. The van der Waals surface area contributed by atoms with Crippen LogP contribution >= 0.6 is 15.9 Å². The first kappa shape index (κ1) is 19.8.